The first-order chi connectivity index (χ1) is 11.1. The first-order valence-electron chi connectivity index (χ1n) is 6.78. The molecule has 0 unspecified atom stereocenters. The maximum Gasteiger partial charge on any atom is 0.325 e. The zero-order valence-corrected chi connectivity index (χ0v) is 13.7. The van der Waals surface area contributed by atoms with Crippen LogP contribution in [-0.4, -0.2) is 18.4 Å². The summed E-state index contributed by atoms with van der Waals surface area (Å²) in [5.74, 6) is -0.940. The van der Waals surface area contributed by atoms with Crippen molar-refractivity contribution >= 4 is 27.8 Å². The van der Waals surface area contributed by atoms with Crippen LogP contribution in [0.4, 0.5) is 0 Å². The average molecular weight is 373 g/mol. The molecule has 0 radical (unpaired) electrons. The van der Waals surface area contributed by atoms with Crippen molar-refractivity contribution in [3.05, 3.63) is 69.7 Å². The summed E-state index contributed by atoms with van der Waals surface area (Å²) in [7, 11) is 0. The molecule has 1 amide bonds. The van der Waals surface area contributed by atoms with Crippen LogP contribution in [0, 0.1) is 11.3 Å². The number of esters is 1. The van der Waals surface area contributed by atoms with Gasteiger partial charge in [0.25, 0.3) is 5.91 Å². The number of carbonyl (C=O) groups is 2. The molecule has 0 atom stereocenters. The Morgan fingerprint density at radius 1 is 1.13 bits per heavy atom. The first kappa shape index (κ1) is 16.7. The molecule has 5 nitrogen and oxygen atoms in total. The summed E-state index contributed by atoms with van der Waals surface area (Å²) >= 11 is 3.27. The molecule has 0 heterocycles. The average Bonchev–Trinajstić information content (AvgIpc) is 2.58. The lowest BCUT2D eigenvalue weighted by atomic mass is 10.1. The summed E-state index contributed by atoms with van der Waals surface area (Å²) in [6.45, 7) is -0.248. The molecule has 116 valence electrons. The summed E-state index contributed by atoms with van der Waals surface area (Å²) in [6, 6.07) is 15.8. The number of nitrogens with zero attached hydrogens (tertiary/aromatic N) is 1. The van der Waals surface area contributed by atoms with Gasteiger partial charge in [0.2, 0.25) is 0 Å². The van der Waals surface area contributed by atoms with Crippen LogP contribution in [0.5, 0.6) is 0 Å². The fourth-order valence-corrected chi connectivity index (χ4v) is 2.32. The van der Waals surface area contributed by atoms with Gasteiger partial charge in [-0.3, -0.25) is 9.59 Å². The highest BCUT2D eigenvalue weighted by Gasteiger charge is 2.12. The van der Waals surface area contributed by atoms with Crippen molar-refractivity contribution < 1.29 is 14.3 Å². The number of benzene rings is 2. The number of nitriles is 1. The van der Waals surface area contributed by atoms with E-state index in [1.54, 1.807) is 48.5 Å². The molecule has 0 aliphatic heterocycles. The smallest absolute Gasteiger partial charge is 0.325 e. The van der Waals surface area contributed by atoms with Crippen LogP contribution in [0.15, 0.2) is 53.0 Å². The molecule has 1 N–H and O–H groups in total. The second kappa shape index (κ2) is 8.11. The molecule has 0 aliphatic carbocycles. The van der Waals surface area contributed by atoms with Gasteiger partial charge in [0, 0.05) is 10.0 Å². The Labute approximate surface area is 142 Å². The molecule has 2 aromatic carbocycles. The minimum atomic E-state index is -0.571. The maximum atomic E-state index is 12.0. The van der Waals surface area contributed by atoms with Crippen molar-refractivity contribution in [3.8, 4) is 6.07 Å². The number of nitrogens with one attached hydrogen (secondary N) is 1. The Bertz CT molecular complexity index is 768. The van der Waals surface area contributed by atoms with E-state index in [1.807, 2.05) is 6.07 Å². The number of ether oxygens (including phenoxy) is 1. The fourth-order valence-electron chi connectivity index (χ4n) is 1.86. The van der Waals surface area contributed by atoms with Gasteiger partial charge in [-0.2, -0.15) is 5.26 Å². The summed E-state index contributed by atoms with van der Waals surface area (Å²) in [5, 5.41) is 11.5. The third kappa shape index (κ3) is 4.66. The molecular weight excluding hydrogens is 360 g/mol. The molecule has 6 heteroatoms. The highest BCUT2D eigenvalue weighted by Crippen LogP contribution is 2.15. The van der Waals surface area contributed by atoms with Crippen molar-refractivity contribution in [3.63, 3.8) is 0 Å². The number of carbonyl (C=O) groups excluding carboxylic acids is 2. The molecule has 0 bridgehead atoms. The number of rotatable bonds is 5. The van der Waals surface area contributed by atoms with Gasteiger partial charge in [0.1, 0.15) is 13.2 Å². The predicted octanol–water partition coefficient (Wildman–Crippen LogP) is 2.79. The SMILES string of the molecule is N#Cc1ccccc1COC(=O)CNC(=O)c1ccccc1Br. The van der Waals surface area contributed by atoms with Crippen LogP contribution in [0.1, 0.15) is 21.5 Å². The van der Waals surface area contributed by atoms with Crippen molar-refractivity contribution in [1.29, 1.82) is 5.26 Å². The highest BCUT2D eigenvalue weighted by atomic mass is 79.9. The number of hydrogen-bond donors (Lipinski definition) is 1. The molecule has 0 spiro atoms. The van der Waals surface area contributed by atoms with E-state index in [0.29, 0.717) is 21.2 Å². The lowest BCUT2D eigenvalue weighted by Crippen LogP contribution is -2.30. The van der Waals surface area contributed by atoms with Crippen molar-refractivity contribution in [1.82, 2.24) is 5.32 Å². The monoisotopic (exact) mass is 372 g/mol. The largest absolute Gasteiger partial charge is 0.459 e. The van der Waals surface area contributed by atoms with E-state index in [-0.39, 0.29) is 19.1 Å². The molecule has 23 heavy (non-hydrogen) atoms. The van der Waals surface area contributed by atoms with Gasteiger partial charge in [-0.15, -0.1) is 0 Å². The standard InChI is InChI=1S/C17H13BrN2O3/c18-15-8-4-3-7-14(15)17(22)20-10-16(21)23-11-13-6-2-1-5-12(13)9-19/h1-8H,10-11H2,(H,20,22). The van der Waals surface area contributed by atoms with Gasteiger partial charge in [-0.25, -0.2) is 0 Å². The van der Waals surface area contributed by atoms with Crippen molar-refractivity contribution in [2.75, 3.05) is 6.54 Å². The predicted molar refractivity (Wildman–Crippen MR) is 87.4 cm³/mol. The van der Waals surface area contributed by atoms with Gasteiger partial charge in [0.15, 0.2) is 0 Å². The number of halogens is 1. The van der Waals surface area contributed by atoms with E-state index >= 15 is 0 Å². The topological polar surface area (TPSA) is 79.2 Å². The lowest BCUT2D eigenvalue weighted by molar-refractivity contribution is -0.143. The Morgan fingerprint density at radius 2 is 1.83 bits per heavy atom. The Balaban J connectivity index is 1.85. The van der Waals surface area contributed by atoms with E-state index in [0.717, 1.165) is 0 Å². The minimum Gasteiger partial charge on any atom is -0.459 e. The summed E-state index contributed by atoms with van der Waals surface area (Å²) < 4.78 is 5.72. The van der Waals surface area contributed by atoms with E-state index in [4.69, 9.17) is 10.00 Å². The number of hydrogen-bond acceptors (Lipinski definition) is 4. The first-order valence-corrected chi connectivity index (χ1v) is 7.57. The van der Waals surface area contributed by atoms with Crippen molar-refractivity contribution in [2.24, 2.45) is 0 Å². The highest BCUT2D eigenvalue weighted by molar-refractivity contribution is 9.10. The zero-order chi connectivity index (χ0) is 16.7. The van der Waals surface area contributed by atoms with Crippen LogP contribution in [-0.2, 0) is 16.1 Å². The molecule has 0 saturated carbocycles. The van der Waals surface area contributed by atoms with Crippen LogP contribution < -0.4 is 5.32 Å². The molecule has 2 aromatic rings. The van der Waals surface area contributed by atoms with E-state index < -0.39 is 5.97 Å². The summed E-state index contributed by atoms with van der Waals surface area (Å²) in [5.41, 5.74) is 1.52. The third-order valence-electron chi connectivity index (χ3n) is 3.04. The fraction of sp³-hybridized carbons (Fsp3) is 0.118. The second-order valence-corrected chi connectivity index (χ2v) is 5.45. The molecule has 0 saturated heterocycles. The molecule has 0 aliphatic rings. The molecular formula is C17H13BrN2O3. The quantitative estimate of drug-likeness (QED) is 0.818. The Morgan fingerprint density at radius 3 is 2.57 bits per heavy atom. The van der Waals surface area contributed by atoms with E-state index in [1.165, 1.54) is 0 Å². The maximum absolute atomic E-state index is 12.0. The van der Waals surface area contributed by atoms with E-state index in [9.17, 15) is 9.59 Å². The van der Waals surface area contributed by atoms with Gasteiger partial charge in [-0.1, -0.05) is 30.3 Å². The van der Waals surface area contributed by atoms with Gasteiger partial charge in [0.05, 0.1) is 17.2 Å². The molecule has 0 fully saturated rings. The second-order valence-electron chi connectivity index (χ2n) is 4.59. The van der Waals surface area contributed by atoms with Crippen LogP contribution in [0.2, 0.25) is 0 Å². The normalized spacial score (nSPS) is 9.74. The van der Waals surface area contributed by atoms with E-state index in [2.05, 4.69) is 21.2 Å². The zero-order valence-electron chi connectivity index (χ0n) is 12.1. The molecule has 2 rings (SSSR count). The number of amides is 1. The Hall–Kier alpha value is -2.65. The third-order valence-corrected chi connectivity index (χ3v) is 3.73. The van der Waals surface area contributed by atoms with Gasteiger partial charge < -0.3 is 10.1 Å². The summed E-state index contributed by atoms with van der Waals surface area (Å²) in [4.78, 5) is 23.7. The van der Waals surface area contributed by atoms with Gasteiger partial charge >= 0.3 is 5.97 Å². The van der Waals surface area contributed by atoms with Crippen molar-refractivity contribution in [2.45, 2.75) is 6.61 Å². The summed E-state index contributed by atoms with van der Waals surface area (Å²) in [6.07, 6.45) is 0. The van der Waals surface area contributed by atoms with Crippen LogP contribution in [0.25, 0.3) is 0 Å². The van der Waals surface area contributed by atoms with Gasteiger partial charge in [-0.05, 0) is 34.1 Å². The van der Waals surface area contributed by atoms with Crippen LogP contribution >= 0.6 is 15.9 Å². The van der Waals surface area contributed by atoms with Crippen LogP contribution in [0.3, 0.4) is 0 Å². The lowest BCUT2D eigenvalue weighted by Gasteiger charge is -2.08. The minimum absolute atomic E-state index is 0.00648. The molecule has 0 aromatic heterocycles. The Kier molecular flexibility index (Phi) is 5.89.